The molecule has 0 aliphatic carbocycles. The molecule has 1 atom stereocenters. The predicted molar refractivity (Wildman–Crippen MR) is 142 cm³/mol. The molecule has 1 amide bonds. The van der Waals surface area contributed by atoms with E-state index in [1.807, 2.05) is 62.1 Å². The van der Waals surface area contributed by atoms with Crippen molar-refractivity contribution in [3.8, 4) is 17.4 Å². The Hall–Kier alpha value is -4.20. The summed E-state index contributed by atoms with van der Waals surface area (Å²) >= 11 is 0. The van der Waals surface area contributed by atoms with Gasteiger partial charge in [-0.3, -0.25) is 9.69 Å². The number of aromatic nitrogens is 4. The van der Waals surface area contributed by atoms with Crippen molar-refractivity contribution in [1.82, 2.24) is 19.7 Å². The van der Waals surface area contributed by atoms with Crippen LogP contribution in [0.1, 0.15) is 51.7 Å². The highest BCUT2D eigenvalue weighted by molar-refractivity contribution is 5.97. The smallest absolute Gasteiger partial charge is 0.252 e. The largest absolute Gasteiger partial charge is 0.497 e. The van der Waals surface area contributed by atoms with Crippen molar-refractivity contribution in [2.45, 2.75) is 46.6 Å². The molecule has 0 spiro atoms. The van der Waals surface area contributed by atoms with Gasteiger partial charge in [0, 0.05) is 34.9 Å². The van der Waals surface area contributed by atoms with Crippen LogP contribution in [-0.2, 0) is 11.3 Å². The van der Waals surface area contributed by atoms with Crippen molar-refractivity contribution in [1.29, 1.82) is 0 Å². The molecule has 1 aliphatic rings. The van der Waals surface area contributed by atoms with Crippen LogP contribution in [0.2, 0.25) is 0 Å². The molecule has 0 saturated heterocycles. The number of ether oxygens (including phenoxy) is 2. The molecule has 2 aromatic heterocycles. The zero-order chi connectivity index (χ0) is 26.3. The molecule has 5 rings (SSSR count). The summed E-state index contributed by atoms with van der Waals surface area (Å²) in [7, 11) is 3.27. The van der Waals surface area contributed by atoms with E-state index < -0.39 is 0 Å². The molecule has 0 bridgehead atoms. The van der Waals surface area contributed by atoms with Crippen LogP contribution in [0.5, 0.6) is 11.5 Å². The maximum absolute atomic E-state index is 13.9. The highest BCUT2D eigenvalue weighted by atomic mass is 16.5. The Morgan fingerprint density at radius 2 is 1.68 bits per heavy atom. The predicted octanol–water partition coefficient (Wildman–Crippen LogP) is 4.98. The van der Waals surface area contributed by atoms with E-state index in [2.05, 4.69) is 29.0 Å². The Kier molecular flexibility index (Phi) is 6.41. The van der Waals surface area contributed by atoms with Crippen molar-refractivity contribution >= 4 is 11.7 Å². The molecule has 0 unspecified atom stereocenters. The van der Waals surface area contributed by atoms with Crippen LogP contribution in [0, 0.1) is 27.7 Å². The minimum absolute atomic E-state index is 0.00356. The van der Waals surface area contributed by atoms with Gasteiger partial charge in [0.25, 0.3) is 5.95 Å². The number of carbonyl (C=O) groups is 1. The third kappa shape index (κ3) is 4.43. The summed E-state index contributed by atoms with van der Waals surface area (Å²) < 4.78 is 13.0. The monoisotopic (exact) mass is 497 g/mol. The normalized spacial score (nSPS) is 15.0. The number of hydrogen-bond acceptors (Lipinski definition) is 6. The molecule has 0 N–H and O–H groups in total. The third-order valence-corrected chi connectivity index (χ3v) is 6.93. The Morgan fingerprint density at radius 1 is 0.946 bits per heavy atom. The summed E-state index contributed by atoms with van der Waals surface area (Å²) in [5, 5.41) is 4.89. The first-order valence-corrected chi connectivity index (χ1v) is 12.3. The molecular weight excluding hydrogens is 466 g/mol. The molecule has 8 heteroatoms. The number of amides is 1. The van der Waals surface area contributed by atoms with Gasteiger partial charge in [-0.05, 0) is 63.1 Å². The second kappa shape index (κ2) is 9.69. The number of nitrogens with zero attached hydrogens (tertiary/aromatic N) is 5. The number of carbonyl (C=O) groups excluding carboxylic acids is 1. The number of benzene rings is 2. The lowest BCUT2D eigenvalue weighted by Crippen LogP contribution is -2.38. The molecule has 3 heterocycles. The zero-order valence-electron chi connectivity index (χ0n) is 22.1. The van der Waals surface area contributed by atoms with Crippen LogP contribution in [0.4, 0.5) is 5.82 Å². The van der Waals surface area contributed by atoms with E-state index in [9.17, 15) is 4.79 Å². The van der Waals surface area contributed by atoms with Gasteiger partial charge < -0.3 is 9.47 Å². The van der Waals surface area contributed by atoms with Gasteiger partial charge >= 0.3 is 0 Å². The molecule has 190 valence electrons. The Morgan fingerprint density at radius 3 is 2.35 bits per heavy atom. The highest BCUT2D eigenvalue weighted by Gasteiger charge is 2.39. The Labute approximate surface area is 216 Å². The van der Waals surface area contributed by atoms with E-state index in [1.165, 1.54) is 0 Å². The van der Waals surface area contributed by atoms with Gasteiger partial charge in [-0.2, -0.15) is 9.78 Å². The Bertz CT molecular complexity index is 1470. The number of rotatable bonds is 6. The summed E-state index contributed by atoms with van der Waals surface area (Å²) in [6, 6.07) is 15.7. The third-order valence-electron chi connectivity index (χ3n) is 6.93. The van der Waals surface area contributed by atoms with Crippen molar-refractivity contribution in [2.24, 2.45) is 0 Å². The van der Waals surface area contributed by atoms with Gasteiger partial charge in [-0.15, -0.1) is 0 Å². The lowest BCUT2D eigenvalue weighted by Gasteiger charge is -2.33. The van der Waals surface area contributed by atoms with Crippen molar-refractivity contribution in [3.05, 3.63) is 87.9 Å². The summed E-state index contributed by atoms with van der Waals surface area (Å²) in [5.41, 5.74) is 6.53. The fourth-order valence-electron chi connectivity index (χ4n) is 5.14. The van der Waals surface area contributed by atoms with Crippen LogP contribution in [0.25, 0.3) is 5.95 Å². The number of aryl methyl sites for hydroxylation is 4. The summed E-state index contributed by atoms with van der Waals surface area (Å²) in [4.78, 5) is 25.1. The Balaban J connectivity index is 1.75. The molecule has 1 aliphatic heterocycles. The minimum atomic E-state index is -0.264. The van der Waals surface area contributed by atoms with Gasteiger partial charge in [0.05, 0.1) is 26.5 Å². The lowest BCUT2D eigenvalue weighted by molar-refractivity contribution is -0.119. The second-order valence-electron chi connectivity index (χ2n) is 9.46. The maximum atomic E-state index is 13.9. The fourth-order valence-corrected chi connectivity index (χ4v) is 5.14. The second-order valence-corrected chi connectivity index (χ2v) is 9.46. The molecule has 37 heavy (non-hydrogen) atoms. The van der Waals surface area contributed by atoms with Crippen LogP contribution in [-0.4, -0.2) is 39.9 Å². The van der Waals surface area contributed by atoms with Gasteiger partial charge in [0.2, 0.25) is 5.91 Å². The first kappa shape index (κ1) is 24.5. The molecule has 0 fully saturated rings. The standard InChI is InChI=1S/C29H31N5O3/c1-17-9-7-8-10-21(17)16-33-26(35)15-24(23-14-22(36-5)11-12-25(23)37-6)27-20(4)32-34(28(27)33)29-30-18(2)13-19(3)31-29/h7-14,24H,15-16H2,1-6H3/t24-/m0/s1. The van der Waals surface area contributed by atoms with Crippen LogP contribution in [0.15, 0.2) is 48.5 Å². The number of fused-ring (bicyclic) bond motifs is 1. The molecule has 4 aromatic rings. The van der Waals surface area contributed by atoms with E-state index in [-0.39, 0.29) is 18.2 Å². The van der Waals surface area contributed by atoms with Crippen LogP contribution in [0.3, 0.4) is 0 Å². The zero-order valence-corrected chi connectivity index (χ0v) is 22.1. The first-order chi connectivity index (χ1) is 17.8. The number of hydrogen-bond donors (Lipinski definition) is 0. The topological polar surface area (TPSA) is 82.4 Å². The fraction of sp³-hybridized carbons (Fsp3) is 0.310. The van der Waals surface area contributed by atoms with E-state index in [0.29, 0.717) is 29.8 Å². The van der Waals surface area contributed by atoms with Gasteiger partial charge in [0.1, 0.15) is 17.3 Å². The molecule has 0 saturated carbocycles. The average Bonchev–Trinajstić information content (AvgIpc) is 3.22. The molecule has 2 aromatic carbocycles. The van der Waals surface area contributed by atoms with E-state index in [0.717, 1.165) is 39.3 Å². The molecule has 8 nitrogen and oxygen atoms in total. The van der Waals surface area contributed by atoms with E-state index >= 15 is 0 Å². The molecular formula is C29H31N5O3. The van der Waals surface area contributed by atoms with E-state index in [4.69, 9.17) is 14.6 Å². The molecule has 0 radical (unpaired) electrons. The summed E-state index contributed by atoms with van der Waals surface area (Å²) in [6.07, 6.45) is 0.280. The van der Waals surface area contributed by atoms with Gasteiger partial charge in [-0.25, -0.2) is 9.97 Å². The van der Waals surface area contributed by atoms with Crippen LogP contribution >= 0.6 is 0 Å². The lowest BCUT2D eigenvalue weighted by atomic mass is 9.84. The highest BCUT2D eigenvalue weighted by Crippen LogP contribution is 2.46. The average molecular weight is 498 g/mol. The SMILES string of the molecule is COc1ccc(OC)c([C@@H]2CC(=O)N(Cc3ccccc3C)c3c2c(C)nn3-c2nc(C)cc(C)n2)c1. The number of anilines is 1. The van der Waals surface area contributed by atoms with Gasteiger partial charge in [-0.1, -0.05) is 24.3 Å². The van der Waals surface area contributed by atoms with Crippen molar-refractivity contribution in [3.63, 3.8) is 0 Å². The number of methoxy groups -OCH3 is 2. The summed E-state index contributed by atoms with van der Waals surface area (Å²) in [5.74, 6) is 2.28. The van der Waals surface area contributed by atoms with Crippen molar-refractivity contribution in [2.75, 3.05) is 19.1 Å². The first-order valence-electron chi connectivity index (χ1n) is 12.3. The quantitative estimate of drug-likeness (QED) is 0.374. The summed E-state index contributed by atoms with van der Waals surface area (Å²) in [6.45, 7) is 8.32. The van der Waals surface area contributed by atoms with Crippen LogP contribution < -0.4 is 14.4 Å². The minimum Gasteiger partial charge on any atom is -0.497 e. The van der Waals surface area contributed by atoms with E-state index in [1.54, 1.807) is 18.9 Å². The maximum Gasteiger partial charge on any atom is 0.252 e. The van der Waals surface area contributed by atoms with Gasteiger partial charge in [0.15, 0.2) is 0 Å². The van der Waals surface area contributed by atoms with Crippen molar-refractivity contribution < 1.29 is 14.3 Å².